The van der Waals surface area contributed by atoms with Gasteiger partial charge in [-0.15, -0.1) is 0 Å². The van der Waals surface area contributed by atoms with E-state index in [9.17, 15) is 24.6 Å². The number of ether oxygens (including phenoxy) is 1. The van der Waals surface area contributed by atoms with Gasteiger partial charge < -0.3 is 30.2 Å². The smallest absolute Gasteiger partial charge is 0.366 e. The Hall–Kier alpha value is -5.12. The largest absolute Gasteiger partial charge is 0.481 e. The zero-order chi connectivity index (χ0) is 25.9. The third kappa shape index (κ3) is 4.98. The van der Waals surface area contributed by atoms with Crippen LogP contribution in [-0.4, -0.2) is 49.2 Å². The first-order chi connectivity index (χ1) is 17.9. The van der Waals surface area contributed by atoms with E-state index in [1.807, 2.05) is 30.3 Å². The summed E-state index contributed by atoms with van der Waals surface area (Å²) in [5.41, 5.74) is 3.51. The topological polar surface area (TPSA) is 157 Å². The van der Waals surface area contributed by atoms with Crippen LogP contribution in [-0.2, 0) is 9.59 Å². The maximum atomic E-state index is 12.6. The van der Waals surface area contributed by atoms with Gasteiger partial charge in [0.15, 0.2) is 5.82 Å². The maximum Gasteiger partial charge on any atom is 0.366 e. The zero-order valence-electron chi connectivity index (χ0n) is 19.3. The molecule has 0 aliphatic rings. The fourth-order valence-electron chi connectivity index (χ4n) is 4.28. The Morgan fingerprint density at radius 2 is 1.70 bits per heavy atom. The number of carbonyl (C=O) groups is 3. The number of rotatable bonds is 9. The molecule has 0 spiro atoms. The van der Waals surface area contributed by atoms with Crippen molar-refractivity contribution < 1.29 is 29.3 Å². The van der Waals surface area contributed by atoms with Gasteiger partial charge in [-0.2, -0.15) is 0 Å². The molecule has 5 rings (SSSR count). The summed E-state index contributed by atoms with van der Waals surface area (Å²) in [6, 6.07) is 21.3. The summed E-state index contributed by atoms with van der Waals surface area (Å²) in [4.78, 5) is 46.2. The average molecular weight is 498 g/mol. The quantitative estimate of drug-likeness (QED) is 0.193. The van der Waals surface area contributed by atoms with Gasteiger partial charge in [0.1, 0.15) is 5.75 Å². The molecule has 1 amide bonds. The van der Waals surface area contributed by atoms with E-state index in [2.05, 4.69) is 20.3 Å². The van der Waals surface area contributed by atoms with Crippen LogP contribution in [0.15, 0.2) is 79.0 Å². The van der Waals surface area contributed by atoms with Crippen molar-refractivity contribution >= 4 is 39.8 Å². The molecule has 37 heavy (non-hydrogen) atoms. The number of H-pyrrole nitrogens is 2. The molecule has 3 aromatic carbocycles. The van der Waals surface area contributed by atoms with Gasteiger partial charge in [-0.1, -0.05) is 42.5 Å². The van der Waals surface area contributed by atoms with E-state index >= 15 is 0 Å². The second kappa shape index (κ2) is 9.86. The number of hydrogen-bond acceptors (Lipinski definition) is 5. The van der Waals surface area contributed by atoms with E-state index in [-0.39, 0.29) is 23.9 Å². The van der Waals surface area contributed by atoms with Crippen LogP contribution in [0.2, 0.25) is 0 Å². The van der Waals surface area contributed by atoms with Crippen LogP contribution >= 0.6 is 0 Å². The molecule has 0 aliphatic heterocycles. The summed E-state index contributed by atoms with van der Waals surface area (Å²) < 4.78 is 5.58. The standard InChI is InChI=1S/C27H22N4O6/c32-23(33)13-18(15-6-2-1-3-7-15)19-14-28-22-12-16(10-11-17(19)22)37-26(27(35)36)31-25(34)24-29-20-8-4-5-9-21(20)30-24/h1-12,14,18,26,28H,13H2,(H,29,30)(H,31,34)(H,32,33)(H,35,36). The molecule has 186 valence electrons. The van der Waals surface area contributed by atoms with Gasteiger partial charge in [-0.05, 0) is 35.4 Å². The van der Waals surface area contributed by atoms with Crippen LogP contribution in [0.4, 0.5) is 0 Å². The van der Waals surface area contributed by atoms with Gasteiger partial charge in [-0.25, -0.2) is 9.78 Å². The van der Waals surface area contributed by atoms with Crippen molar-refractivity contribution in [2.24, 2.45) is 0 Å². The van der Waals surface area contributed by atoms with Crippen LogP contribution in [0.3, 0.4) is 0 Å². The number of benzene rings is 3. The van der Waals surface area contributed by atoms with Gasteiger partial charge >= 0.3 is 11.9 Å². The summed E-state index contributed by atoms with van der Waals surface area (Å²) in [5, 5.41) is 22.2. The fourth-order valence-corrected chi connectivity index (χ4v) is 4.28. The monoisotopic (exact) mass is 498 g/mol. The number of nitrogens with one attached hydrogen (secondary N) is 3. The molecular formula is C27H22N4O6. The third-order valence-corrected chi connectivity index (χ3v) is 5.99. The molecule has 0 saturated carbocycles. The molecule has 10 nitrogen and oxygen atoms in total. The number of nitrogens with zero attached hydrogens (tertiary/aromatic N) is 1. The van der Waals surface area contributed by atoms with Crippen LogP contribution in [0.25, 0.3) is 21.9 Å². The average Bonchev–Trinajstić information content (AvgIpc) is 3.51. The van der Waals surface area contributed by atoms with E-state index in [1.54, 1.807) is 48.7 Å². The highest BCUT2D eigenvalue weighted by atomic mass is 16.5. The van der Waals surface area contributed by atoms with Crippen molar-refractivity contribution in [2.45, 2.75) is 18.6 Å². The number of imidazole rings is 1. The first kappa shape index (κ1) is 23.6. The first-order valence-corrected chi connectivity index (χ1v) is 11.4. The second-order valence-electron chi connectivity index (χ2n) is 8.42. The van der Waals surface area contributed by atoms with Gasteiger partial charge in [-0.3, -0.25) is 9.59 Å². The maximum absolute atomic E-state index is 12.6. The summed E-state index contributed by atoms with van der Waals surface area (Å²) >= 11 is 0. The molecule has 0 fully saturated rings. The van der Waals surface area contributed by atoms with E-state index < -0.39 is 24.1 Å². The van der Waals surface area contributed by atoms with Crippen molar-refractivity contribution in [1.82, 2.24) is 20.3 Å². The molecule has 5 aromatic rings. The Balaban J connectivity index is 1.38. The predicted molar refractivity (Wildman–Crippen MR) is 134 cm³/mol. The molecule has 2 heterocycles. The Bertz CT molecular complexity index is 1570. The van der Waals surface area contributed by atoms with Crippen molar-refractivity contribution in [2.75, 3.05) is 0 Å². The fraction of sp³-hybridized carbons (Fsp3) is 0.111. The highest BCUT2D eigenvalue weighted by molar-refractivity contribution is 5.96. The number of aromatic amines is 2. The number of amides is 1. The normalized spacial score (nSPS) is 12.8. The molecule has 10 heteroatoms. The number of aliphatic carboxylic acids is 2. The highest BCUT2D eigenvalue weighted by Crippen LogP contribution is 2.34. The van der Waals surface area contributed by atoms with Crippen LogP contribution < -0.4 is 10.1 Å². The lowest BCUT2D eigenvalue weighted by Gasteiger charge is -2.17. The lowest BCUT2D eigenvalue weighted by molar-refractivity contribution is -0.146. The Morgan fingerprint density at radius 1 is 0.946 bits per heavy atom. The number of carboxylic acid groups (broad SMARTS) is 2. The molecule has 2 unspecified atom stereocenters. The van der Waals surface area contributed by atoms with Crippen molar-refractivity contribution in [3.8, 4) is 5.75 Å². The minimum atomic E-state index is -1.67. The lowest BCUT2D eigenvalue weighted by Crippen LogP contribution is -2.45. The zero-order valence-corrected chi connectivity index (χ0v) is 19.3. The Labute approximate surface area is 209 Å². The molecule has 2 atom stereocenters. The van der Waals surface area contributed by atoms with Crippen molar-refractivity contribution in [1.29, 1.82) is 0 Å². The van der Waals surface area contributed by atoms with E-state index in [4.69, 9.17) is 4.74 Å². The number of carboxylic acids is 2. The van der Waals surface area contributed by atoms with Crippen LogP contribution in [0, 0.1) is 0 Å². The molecule has 0 bridgehead atoms. The molecule has 2 aromatic heterocycles. The minimum Gasteiger partial charge on any atom is -0.481 e. The highest BCUT2D eigenvalue weighted by Gasteiger charge is 2.25. The first-order valence-electron chi connectivity index (χ1n) is 11.4. The van der Waals surface area contributed by atoms with Gasteiger partial charge in [0, 0.05) is 29.1 Å². The predicted octanol–water partition coefficient (Wildman–Crippen LogP) is 3.87. The lowest BCUT2D eigenvalue weighted by atomic mass is 9.88. The third-order valence-electron chi connectivity index (χ3n) is 5.99. The molecule has 0 radical (unpaired) electrons. The number of aromatic nitrogens is 3. The Morgan fingerprint density at radius 3 is 2.43 bits per heavy atom. The van der Waals surface area contributed by atoms with Crippen LogP contribution in [0.5, 0.6) is 5.75 Å². The molecular weight excluding hydrogens is 476 g/mol. The van der Waals surface area contributed by atoms with E-state index in [0.717, 1.165) is 16.5 Å². The minimum absolute atomic E-state index is 0.0362. The SMILES string of the molecule is O=C(O)CC(c1ccccc1)c1c[nH]c2cc(OC(NC(=O)c3nc4ccccc4[nH]3)C(=O)O)ccc12. The second-order valence-corrected chi connectivity index (χ2v) is 8.42. The van der Waals surface area contributed by atoms with Gasteiger partial charge in [0.05, 0.1) is 17.5 Å². The van der Waals surface area contributed by atoms with Gasteiger partial charge in [0.25, 0.3) is 12.1 Å². The van der Waals surface area contributed by atoms with Crippen LogP contribution in [0.1, 0.15) is 34.1 Å². The van der Waals surface area contributed by atoms with E-state index in [0.29, 0.717) is 16.6 Å². The Kier molecular flexibility index (Phi) is 6.29. The van der Waals surface area contributed by atoms with Gasteiger partial charge in [0.2, 0.25) is 0 Å². The van der Waals surface area contributed by atoms with E-state index in [1.165, 1.54) is 0 Å². The summed E-state index contributed by atoms with van der Waals surface area (Å²) in [5.74, 6) is -3.26. The molecule has 0 aliphatic carbocycles. The summed E-state index contributed by atoms with van der Waals surface area (Å²) in [6.07, 6.45) is -0.0197. The number of fused-ring (bicyclic) bond motifs is 2. The summed E-state index contributed by atoms with van der Waals surface area (Å²) in [6.45, 7) is 0. The summed E-state index contributed by atoms with van der Waals surface area (Å²) in [7, 11) is 0. The molecule has 5 N–H and O–H groups in total. The molecule has 0 saturated heterocycles. The number of hydrogen-bond donors (Lipinski definition) is 5. The number of para-hydroxylation sites is 2. The van der Waals surface area contributed by atoms with Crippen molar-refractivity contribution in [3.63, 3.8) is 0 Å². The number of carbonyl (C=O) groups excluding carboxylic acids is 1. The van der Waals surface area contributed by atoms with Crippen molar-refractivity contribution in [3.05, 3.63) is 95.9 Å².